The third-order valence-corrected chi connectivity index (χ3v) is 8.12. The molecule has 5 rings (SSSR count). The molecule has 10 nitrogen and oxygen atoms in total. The molecule has 200 valence electrons. The average Bonchev–Trinajstić information content (AvgIpc) is 3.32. The predicted molar refractivity (Wildman–Crippen MR) is 151 cm³/mol. The molecule has 1 fully saturated rings. The minimum atomic E-state index is -3.44. The Balaban J connectivity index is 1.46. The lowest BCUT2D eigenvalue weighted by atomic mass is 10.1. The van der Waals surface area contributed by atoms with Crippen molar-refractivity contribution in [2.24, 2.45) is 0 Å². The fourth-order valence-corrected chi connectivity index (χ4v) is 5.16. The van der Waals surface area contributed by atoms with Crippen molar-refractivity contribution >= 4 is 32.9 Å². The summed E-state index contributed by atoms with van der Waals surface area (Å²) in [5.41, 5.74) is 4.83. The highest BCUT2D eigenvalue weighted by Gasteiger charge is 2.19. The molecule has 1 aliphatic rings. The van der Waals surface area contributed by atoms with Crippen LogP contribution < -0.4 is 14.4 Å². The lowest BCUT2D eigenvalue weighted by molar-refractivity contribution is 0.148. The Morgan fingerprint density at radius 1 is 1.05 bits per heavy atom. The van der Waals surface area contributed by atoms with Gasteiger partial charge in [0.25, 0.3) is 0 Å². The van der Waals surface area contributed by atoms with Crippen molar-refractivity contribution in [2.75, 3.05) is 63.3 Å². The number of rotatable bonds is 8. The van der Waals surface area contributed by atoms with Gasteiger partial charge in [0, 0.05) is 45.3 Å². The van der Waals surface area contributed by atoms with Crippen LogP contribution in [0.4, 0.5) is 17.3 Å². The van der Waals surface area contributed by atoms with Gasteiger partial charge in [-0.05, 0) is 42.9 Å². The van der Waals surface area contributed by atoms with E-state index in [4.69, 9.17) is 9.84 Å². The minimum absolute atomic E-state index is 0.402. The summed E-state index contributed by atoms with van der Waals surface area (Å²) in [4.78, 5) is 9.31. The first kappa shape index (κ1) is 26.0. The Kier molecular flexibility index (Phi) is 7.24. The van der Waals surface area contributed by atoms with Gasteiger partial charge in [0.2, 0.25) is 16.0 Å². The topological polar surface area (TPSA) is 95.3 Å². The molecule has 0 unspecified atom stereocenters. The third-order valence-electron chi connectivity index (χ3n) is 6.93. The van der Waals surface area contributed by atoms with E-state index in [0.717, 1.165) is 55.2 Å². The second kappa shape index (κ2) is 10.6. The molecule has 0 atom stereocenters. The minimum Gasteiger partial charge on any atom is -0.495 e. The molecule has 11 heteroatoms. The fraction of sp³-hybridized carbons (Fsp3) is 0.333. The highest BCUT2D eigenvalue weighted by Crippen LogP contribution is 2.33. The van der Waals surface area contributed by atoms with Crippen LogP contribution in [0.2, 0.25) is 0 Å². The summed E-state index contributed by atoms with van der Waals surface area (Å²) in [6.45, 7) is 5.07. The van der Waals surface area contributed by atoms with Gasteiger partial charge in [0.05, 0.1) is 42.1 Å². The van der Waals surface area contributed by atoms with Crippen molar-refractivity contribution in [3.63, 3.8) is 0 Å². The normalized spacial score (nSPS) is 15.1. The fourth-order valence-electron chi connectivity index (χ4n) is 4.64. The number of hydrogen-bond acceptors (Lipinski definition) is 8. The van der Waals surface area contributed by atoms with Crippen LogP contribution in [-0.2, 0) is 16.6 Å². The summed E-state index contributed by atoms with van der Waals surface area (Å²) in [5.74, 6) is 1.10. The monoisotopic (exact) mass is 535 g/mol. The van der Waals surface area contributed by atoms with Crippen molar-refractivity contribution < 1.29 is 13.2 Å². The smallest absolute Gasteiger partial charge is 0.245 e. The zero-order valence-corrected chi connectivity index (χ0v) is 22.9. The van der Waals surface area contributed by atoms with Gasteiger partial charge in [-0.1, -0.05) is 24.3 Å². The van der Waals surface area contributed by atoms with Crippen molar-refractivity contribution in [3.8, 4) is 17.0 Å². The second-order valence-electron chi connectivity index (χ2n) is 9.62. The van der Waals surface area contributed by atoms with Crippen molar-refractivity contribution in [3.05, 3.63) is 66.4 Å². The molecule has 0 bridgehead atoms. The molecule has 0 spiro atoms. The lowest BCUT2D eigenvalue weighted by Gasteiger charge is -2.32. The van der Waals surface area contributed by atoms with Crippen LogP contribution in [0.5, 0.6) is 5.75 Å². The van der Waals surface area contributed by atoms with Gasteiger partial charge in [0.15, 0.2) is 0 Å². The molecule has 1 saturated heterocycles. The van der Waals surface area contributed by atoms with Gasteiger partial charge in [0.1, 0.15) is 5.75 Å². The van der Waals surface area contributed by atoms with Gasteiger partial charge in [-0.25, -0.2) is 17.9 Å². The summed E-state index contributed by atoms with van der Waals surface area (Å²) in [5, 5.41) is 8.08. The van der Waals surface area contributed by atoms with E-state index in [1.54, 1.807) is 30.9 Å². The summed E-state index contributed by atoms with van der Waals surface area (Å²) >= 11 is 0. The molecular formula is C27H33N7O3S. The van der Waals surface area contributed by atoms with Gasteiger partial charge in [-0.2, -0.15) is 0 Å². The largest absolute Gasteiger partial charge is 0.495 e. The first-order chi connectivity index (χ1) is 18.2. The average molecular weight is 536 g/mol. The van der Waals surface area contributed by atoms with E-state index in [9.17, 15) is 8.42 Å². The van der Waals surface area contributed by atoms with Crippen LogP contribution in [0.25, 0.3) is 16.8 Å². The highest BCUT2D eigenvalue weighted by atomic mass is 32.2. The molecule has 0 aliphatic carbocycles. The van der Waals surface area contributed by atoms with E-state index in [-0.39, 0.29) is 0 Å². The van der Waals surface area contributed by atoms with E-state index < -0.39 is 10.0 Å². The Hall–Kier alpha value is -3.67. The molecule has 2 aromatic carbocycles. The molecule has 4 aromatic rings. The zero-order valence-electron chi connectivity index (χ0n) is 22.1. The molecule has 0 saturated carbocycles. The molecule has 38 heavy (non-hydrogen) atoms. The lowest BCUT2D eigenvalue weighted by Crippen LogP contribution is -2.43. The number of sulfonamides is 1. The molecule has 0 amide bonds. The Bertz CT molecular complexity index is 1550. The van der Waals surface area contributed by atoms with E-state index in [1.165, 1.54) is 16.1 Å². The Morgan fingerprint density at radius 2 is 1.82 bits per heavy atom. The van der Waals surface area contributed by atoms with Crippen LogP contribution in [0.1, 0.15) is 5.56 Å². The number of anilines is 3. The standard InChI is InChI=1S/C27H33N7O3S/c1-31-13-15-33(16-14-31)19-20-9-12-26(37-3)23(17-20)29-27-28-18-21-10-11-25(34(21)30-27)22-7-5-6-8-24(22)32(2)38(4,35)36/h5-12,17-18H,13-16,19H2,1-4H3,(H,29,30). The predicted octanol–water partition coefficient (Wildman–Crippen LogP) is 3.29. The Morgan fingerprint density at radius 3 is 2.55 bits per heavy atom. The van der Waals surface area contributed by atoms with Gasteiger partial charge in [-0.15, -0.1) is 5.10 Å². The van der Waals surface area contributed by atoms with E-state index in [1.807, 2.05) is 36.4 Å². The van der Waals surface area contributed by atoms with Crippen LogP contribution >= 0.6 is 0 Å². The quantitative estimate of drug-likeness (QED) is 0.367. The van der Waals surface area contributed by atoms with Crippen LogP contribution in [0, 0.1) is 0 Å². The van der Waals surface area contributed by atoms with Crippen LogP contribution in [0.15, 0.2) is 60.8 Å². The number of para-hydroxylation sites is 1. The first-order valence-electron chi connectivity index (χ1n) is 12.5. The number of nitrogens with one attached hydrogen (secondary N) is 1. The highest BCUT2D eigenvalue weighted by molar-refractivity contribution is 7.92. The van der Waals surface area contributed by atoms with Gasteiger partial charge < -0.3 is 15.0 Å². The molecule has 2 aromatic heterocycles. The van der Waals surface area contributed by atoms with Gasteiger partial charge in [-0.3, -0.25) is 9.21 Å². The molecule has 1 aliphatic heterocycles. The van der Waals surface area contributed by atoms with Crippen LogP contribution in [-0.4, -0.2) is 86.5 Å². The summed E-state index contributed by atoms with van der Waals surface area (Å²) < 4.78 is 33.2. The number of hydrogen-bond donors (Lipinski definition) is 1. The maximum atomic E-state index is 12.3. The van der Waals surface area contributed by atoms with E-state index in [2.05, 4.69) is 39.3 Å². The number of methoxy groups -OCH3 is 1. The number of benzene rings is 2. The van der Waals surface area contributed by atoms with Gasteiger partial charge >= 0.3 is 0 Å². The van der Waals surface area contributed by atoms with E-state index >= 15 is 0 Å². The number of ether oxygens (including phenoxy) is 1. The molecule has 0 radical (unpaired) electrons. The SMILES string of the molecule is COc1ccc(CN2CCN(C)CC2)cc1Nc1ncc2ccc(-c3ccccc3N(C)S(C)(=O)=O)n2n1. The number of nitrogens with zero attached hydrogens (tertiary/aromatic N) is 6. The number of aromatic nitrogens is 3. The van der Waals surface area contributed by atoms with Crippen molar-refractivity contribution in [2.45, 2.75) is 6.54 Å². The van der Waals surface area contributed by atoms with E-state index in [0.29, 0.717) is 17.4 Å². The number of piperazine rings is 1. The maximum Gasteiger partial charge on any atom is 0.245 e. The number of likely N-dealkylation sites (N-methyl/N-ethyl adjacent to an activating group) is 1. The van der Waals surface area contributed by atoms with Crippen molar-refractivity contribution in [1.29, 1.82) is 0 Å². The molecular weight excluding hydrogens is 502 g/mol. The third kappa shape index (κ3) is 5.45. The molecule has 3 heterocycles. The number of fused-ring (bicyclic) bond motifs is 1. The maximum absolute atomic E-state index is 12.3. The molecule has 1 N–H and O–H groups in total. The van der Waals surface area contributed by atoms with Crippen molar-refractivity contribution in [1.82, 2.24) is 24.4 Å². The Labute approximate surface area is 223 Å². The summed E-state index contributed by atoms with van der Waals surface area (Å²) in [6.07, 6.45) is 2.93. The summed E-state index contributed by atoms with van der Waals surface area (Å²) in [7, 11) is 1.91. The zero-order chi connectivity index (χ0) is 26.9. The first-order valence-corrected chi connectivity index (χ1v) is 14.3. The summed E-state index contributed by atoms with van der Waals surface area (Å²) in [6, 6.07) is 17.3. The van der Waals surface area contributed by atoms with Crippen LogP contribution in [0.3, 0.4) is 0 Å². The second-order valence-corrected chi connectivity index (χ2v) is 11.6.